The fourth-order valence-electron chi connectivity index (χ4n) is 1.54. The Hall–Kier alpha value is -1.38. The molecule has 1 aromatic carbocycles. The number of rotatable bonds is 6. The first-order valence-electron chi connectivity index (χ1n) is 6.43. The van der Waals surface area contributed by atoms with E-state index >= 15 is 0 Å². The third-order valence-corrected chi connectivity index (χ3v) is 4.26. The van der Waals surface area contributed by atoms with Crippen molar-refractivity contribution in [3.05, 3.63) is 24.3 Å². The zero-order valence-corrected chi connectivity index (χ0v) is 14.4. The predicted molar refractivity (Wildman–Crippen MR) is 92.5 cm³/mol. The van der Waals surface area contributed by atoms with Crippen molar-refractivity contribution in [2.45, 2.75) is 0 Å². The quantitative estimate of drug-likeness (QED) is 0.757. The summed E-state index contributed by atoms with van der Waals surface area (Å²) in [7, 11) is 2.22. The number of likely N-dealkylation sites (N-methyl/N-ethyl adjacent to an activating group) is 1. The molecule has 0 spiro atoms. The fraction of sp³-hybridized carbons (Fsp3) is 0.462. The van der Waals surface area contributed by atoms with Gasteiger partial charge in [-0.15, -0.1) is 0 Å². The monoisotopic (exact) mass is 330 g/mol. The Morgan fingerprint density at radius 3 is 2.52 bits per heavy atom. The van der Waals surface area contributed by atoms with Crippen molar-refractivity contribution in [2.24, 2.45) is 0 Å². The second-order valence-electron chi connectivity index (χ2n) is 4.96. The summed E-state index contributed by atoms with van der Waals surface area (Å²) in [5.41, 5.74) is 1.32. The Bertz CT molecular complexity index is 588. The van der Waals surface area contributed by atoms with E-state index in [-0.39, 0.29) is 0 Å². The smallest absolute Gasteiger partial charge is 0.231 e. The minimum atomic E-state index is -3.27. The summed E-state index contributed by atoms with van der Waals surface area (Å²) in [4.78, 5) is 2.05. The second-order valence-corrected chi connectivity index (χ2v) is 7.39. The summed E-state index contributed by atoms with van der Waals surface area (Å²) in [5.74, 6) is 0. The third-order valence-electron chi connectivity index (χ3n) is 2.81. The number of benzene rings is 1. The molecule has 0 bridgehead atoms. The highest BCUT2D eigenvalue weighted by molar-refractivity contribution is 7.92. The first-order chi connectivity index (χ1) is 9.70. The van der Waals surface area contributed by atoms with Gasteiger partial charge in [0, 0.05) is 25.8 Å². The predicted octanol–water partition coefficient (Wildman–Crippen LogP) is 0.930. The van der Waals surface area contributed by atoms with Crippen LogP contribution in [0.3, 0.4) is 0 Å². The van der Waals surface area contributed by atoms with Crippen LogP contribution in [0.25, 0.3) is 0 Å². The molecule has 2 N–H and O–H groups in total. The van der Waals surface area contributed by atoms with E-state index in [1.807, 2.05) is 20.2 Å². The van der Waals surface area contributed by atoms with Crippen molar-refractivity contribution in [3.8, 4) is 0 Å². The zero-order valence-electron chi connectivity index (χ0n) is 12.8. The standard InChI is InChI=1S/C13H22N4O2S2/c1-16(2)9-8-14-13(20)15-11-6-5-7-12(10-11)17(3)21(4,18)19/h5-7,10H,8-9H2,1-4H3,(H2,14,15,20). The van der Waals surface area contributed by atoms with E-state index in [4.69, 9.17) is 12.2 Å². The molecular formula is C13H22N4O2S2. The van der Waals surface area contributed by atoms with Crippen molar-refractivity contribution in [2.75, 3.05) is 50.1 Å². The molecule has 0 aliphatic carbocycles. The Morgan fingerprint density at radius 1 is 1.29 bits per heavy atom. The molecule has 21 heavy (non-hydrogen) atoms. The average Bonchev–Trinajstić information content (AvgIpc) is 2.36. The molecule has 0 radical (unpaired) electrons. The van der Waals surface area contributed by atoms with Gasteiger partial charge in [0.25, 0.3) is 0 Å². The highest BCUT2D eigenvalue weighted by Crippen LogP contribution is 2.20. The van der Waals surface area contributed by atoms with Crippen LogP contribution in [0.1, 0.15) is 0 Å². The molecule has 0 amide bonds. The summed E-state index contributed by atoms with van der Waals surface area (Å²) < 4.78 is 24.3. The van der Waals surface area contributed by atoms with Gasteiger partial charge < -0.3 is 15.5 Å². The molecule has 0 unspecified atom stereocenters. The maximum absolute atomic E-state index is 11.5. The molecule has 0 atom stereocenters. The molecule has 0 aliphatic rings. The first kappa shape index (κ1) is 17.7. The van der Waals surface area contributed by atoms with Gasteiger partial charge in [0.1, 0.15) is 0 Å². The van der Waals surface area contributed by atoms with Crippen LogP contribution in [-0.4, -0.2) is 58.9 Å². The maximum Gasteiger partial charge on any atom is 0.231 e. The summed E-state index contributed by atoms with van der Waals surface area (Å²) >= 11 is 5.20. The van der Waals surface area contributed by atoms with Crippen LogP contribution in [0.2, 0.25) is 0 Å². The Balaban J connectivity index is 2.67. The first-order valence-corrected chi connectivity index (χ1v) is 8.69. The summed E-state index contributed by atoms with van der Waals surface area (Å²) in [5, 5.41) is 6.64. The van der Waals surface area contributed by atoms with Gasteiger partial charge in [-0.2, -0.15) is 0 Å². The van der Waals surface area contributed by atoms with Gasteiger partial charge in [0.05, 0.1) is 11.9 Å². The summed E-state index contributed by atoms with van der Waals surface area (Å²) in [6.07, 6.45) is 1.17. The molecule has 0 saturated heterocycles. The molecule has 0 saturated carbocycles. The van der Waals surface area contributed by atoms with E-state index < -0.39 is 10.0 Å². The molecule has 0 aromatic heterocycles. The number of anilines is 2. The van der Waals surface area contributed by atoms with Crippen molar-refractivity contribution >= 4 is 38.7 Å². The van der Waals surface area contributed by atoms with E-state index in [0.717, 1.165) is 18.8 Å². The highest BCUT2D eigenvalue weighted by Gasteiger charge is 2.12. The van der Waals surface area contributed by atoms with Crippen LogP contribution in [0, 0.1) is 0 Å². The topological polar surface area (TPSA) is 64.7 Å². The lowest BCUT2D eigenvalue weighted by atomic mass is 10.3. The lowest BCUT2D eigenvalue weighted by molar-refractivity contribution is 0.413. The third kappa shape index (κ3) is 6.28. The minimum absolute atomic E-state index is 0.510. The summed E-state index contributed by atoms with van der Waals surface area (Å²) in [6, 6.07) is 7.08. The number of thiocarbonyl (C=S) groups is 1. The van der Waals surface area contributed by atoms with E-state index in [0.29, 0.717) is 10.8 Å². The lowest BCUT2D eigenvalue weighted by Gasteiger charge is -2.18. The van der Waals surface area contributed by atoms with E-state index in [1.54, 1.807) is 18.2 Å². The van der Waals surface area contributed by atoms with Gasteiger partial charge in [-0.1, -0.05) is 6.07 Å². The Morgan fingerprint density at radius 2 is 1.95 bits per heavy atom. The molecular weight excluding hydrogens is 308 g/mol. The molecule has 0 fully saturated rings. The van der Waals surface area contributed by atoms with Gasteiger partial charge in [-0.25, -0.2) is 8.42 Å². The largest absolute Gasteiger partial charge is 0.361 e. The Labute approximate surface area is 132 Å². The Kier molecular flexibility index (Phi) is 6.38. The molecule has 6 nitrogen and oxygen atoms in total. The number of sulfonamides is 1. The van der Waals surface area contributed by atoms with E-state index in [1.165, 1.54) is 17.6 Å². The second kappa shape index (κ2) is 7.58. The van der Waals surface area contributed by atoms with Crippen molar-refractivity contribution in [1.82, 2.24) is 10.2 Å². The maximum atomic E-state index is 11.5. The van der Waals surface area contributed by atoms with Crippen LogP contribution in [-0.2, 0) is 10.0 Å². The number of nitrogens with zero attached hydrogens (tertiary/aromatic N) is 2. The van der Waals surface area contributed by atoms with Gasteiger partial charge >= 0.3 is 0 Å². The zero-order chi connectivity index (χ0) is 16.0. The van der Waals surface area contributed by atoms with Gasteiger partial charge in [0.15, 0.2) is 5.11 Å². The van der Waals surface area contributed by atoms with Crippen molar-refractivity contribution in [1.29, 1.82) is 0 Å². The highest BCUT2D eigenvalue weighted by atomic mass is 32.2. The molecule has 8 heteroatoms. The van der Waals surface area contributed by atoms with E-state index in [2.05, 4.69) is 15.5 Å². The molecule has 0 heterocycles. The lowest BCUT2D eigenvalue weighted by Crippen LogP contribution is -2.34. The van der Waals surface area contributed by atoms with Crippen LogP contribution in [0.4, 0.5) is 11.4 Å². The number of hydrogen-bond donors (Lipinski definition) is 2. The molecule has 0 aliphatic heterocycles. The number of hydrogen-bond acceptors (Lipinski definition) is 4. The molecule has 1 aromatic rings. The van der Waals surface area contributed by atoms with Crippen molar-refractivity contribution in [3.63, 3.8) is 0 Å². The van der Waals surface area contributed by atoms with Crippen molar-refractivity contribution < 1.29 is 8.42 Å². The van der Waals surface area contributed by atoms with Gasteiger partial charge in [0.2, 0.25) is 10.0 Å². The van der Waals surface area contributed by atoms with Crippen LogP contribution in [0.5, 0.6) is 0 Å². The van der Waals surface area contributed by atoms with Crippen LogP contribution in [0.15, 0.2) is 24.3 Å². The van der Waals surface area contributed by atoms with E-state index in [9.17, 15) is 8.42 Å². The summed E-state index contributed by atoms with van der Waals surface area (Å²) in [6.45, 7) is 1.61. The minimum Gasteiger partial charge on any atom is -0.361 e. The number of nitrogens with one attached hydrogen (secondary N) is 2. The van der Waals surface area contributed by atoms with Crippen LogP contribution < -0.4 is 14.9 Å². The molecule has 1 rings (SSSR count). The SMILES string of the molecule is CN(C)CCNC(=S)Nc1cccc(N(C)S(C)(=O)=O)c1. The fourth-order valence-corrected chi connectivity index (χ4v) is 2.26. The molecule has 118 valence electrons. The normalized spacial score (nSPS) is 11.3. The van der Waals surface area contributed by atoms with Gasteiger partial charge in [-0.3, -0.25) is 4.31 Å². The average molecular weight is 330 g/mol. The van der Waals surface area contributed by atoms with Crippen LogP contribution >= 0.6 is 12.2 Å². The van der Waals surface area contributed by atoms with Gasteiger partial charge in [-0.05, 0) is 44.5 Å².